The Labute approximate surface area is 143 Å². The van der Waals surface area contributed by atoms with Gasteiger partial charge in [-0.15, -0.1) is 0 Å². The number of anilines is 1. The third kappa shape index (κ3) is 5.89. The van der Waals surface area contributed by atoms with Crippen LogP contribution >= 0.6 is 11.8 Å². The zero-order chi connectivity index (χ0) is 17.4. The van der Waals surface area contributed by atoms with E-state index in [9.17, 15) is 14.0 Å². The molecule has 0 bridgehead atoms. The number of hydrogen-bond donors (Lipinski definition) is 1. The quantitative estimate of drug-likeness (QED) is 0.492. The molecule has 24 heavy (non-hydrogen) atoms. The van der Waals surface area contributed by atoms with Crippen LogP contribution in [0.4, 0.5) is 10.1 Å². The average Bonchev–Trinajstić information content (AvgIpc) is 2.55. The summed E-state index contributed by atoms with van der Waals surface area (Å²) in [5.41, 5.74) is 1.20. The number of ether oxygens (including phenoxy) is 1. The molecular weight excluding hydrogens is 329 g/mol. The number of hydrogen-bond acceptors (Lipinski definition) is 4. The lowest BCUT2D eigenvalue weighted by Crippen LogP contribution is -2.13. The molecule has 1 N–H and O–H groups in total. The van der Waals surface area contributed by atoms with Crippen molar-refractivity contribution in [2.24, 2.45) is 0 Å². The molecule has 0 saturated carbocycles. The van der Waals surface area contributed by atoms with Crippen LogP contribution in [0.15, 0.2) is 54.6 Å². The maximum absolute atomic E-state index is 13.0. The van der Waals surface area contributed by atoms with Crippen LogP contribution in [-0.4, -0.2) is 23.9 Å². The Morgan fingerprint density at radius 3 is 2.62 bits per heavy atom. The third-order valence-electron chi connectivity index (χ3n) is 2.89. The number of amides is 1. The number of carbonyl (C=O) groups is 2. The number of benzene rings is 2. The Morgan fingerprint density at radius 2 is 1.96 bits per heavy atom. The zero-order valence-corrected chi connectivity index (χ0v) is 13.8. The van der Waals surface area contributed by atoms with Gasteiger partial charge in [0.25, 0.3) is 0 Å². The summed E-state index contributed by atoms with van der Waals surface area (Å²) < 4.78 is 18.2. The standard InChI is InChI=1S/C18H16FNO3S/c1-24-12-17(21)20-15-6-8-16(9-7-15)23-18(22)10-5-13-3-2-4-14(19)11-13/h2-11H,12H2,1H3,(H,20,21)/b10-5+. The Balaban J connectivity index is 1.91. The largest absolute Gasteiger partial charge is 0.423 e. The van der Waals surface area contributed by atoms with Gasteiger partial charge in [-0.2, -0.15) is 11.8 Å². The second-order valence-corrected chi connectivity index (χ2v) is 5.68. The number of rotatable bonds is 6. The molecule has 0 saturated heterocycles. The average molecular weight is 345 g/mol. The minimum atomic E-state index is -0.571. The van der Waals surface area contributed by atoms with E-state index in [1.54, 1.807) is 36.4 Å². The number of thioether (sulfide) groups is 1. The maximum atomic E-state index is 13.0. The van der Waals surface area contributed by atoms with E-state index in [1.807, 2.05) is 6.26 Å². The van der Waals surface area contributed by atoms with Gasteiger partial charge in [-0.25, -0.2) is 9.18 Å². The second-order valence-electron chi connectivity index (χ2n) is 4.82. The van der Waals surface area contributed by atoms with E-state index >= 15 is 0 Å². The van der Waals surface area contributed by atoms with Crippen molar-refractivity contribution in [3.8, 4) is 5.75 Å². The van der Waals surface area contributed by atoms with E-state index in [0.717, 1.165) is 0 Å². The highest BCUT2D eigenvalue weighted by Gasteiger charge is 2.03. The lowest BCUT2D eigenvalue weighted by atomic mass is 10.2. The second kappa shape index (κ2) is 8.88. The van der Waals surface area contributed by atoms with Crippen LogP contribution in [0, 0.1) is 5.82 Å². The van der Waals surface area contributed by atoms with E-state index in [1.165, 1.54) is 36.0 Å². The predicted octanol–water partition coefficient (Wildman–Crippen LogP) is 3.75. The Hall–Kier alpha value is -2.60. The van der Waals surface area contributed by atoms with E-state index in [2.05, 4.69) is 5.32 Å². The van der Waals surface area contributed by atoms with Gasteiger partial charge in [-0.1, -0.05) is 12.1 Å². The molecule has 0 radical (unpaired) electrons. The van der Waals surface area contributed by atoms with Crippen LogP contribution in [-0.2, 0) is 9.59 Å². The van der Waals surface area contributed by atoms with Crippen LogP contribution in [0.1, 0.15) is 5.56 Å². The van der Waals surface area contributed by atoms with Gasteiger partial charge in [0, 0.05) is 11.8 Å². The summed E-state index contributed by atoms with van der Waals surface area (Å²) in [5, 5.41) is 2.73. The Kier molecular flexibility index (Phi) is 6.57. The van der Waals surface area contributed by atoms with Crippen molar-refractivity contribution >= 4 is 35.4 Å². The monoisotopic (exact) mass is 345 g/mol. The molecule has 1 amide bonds. The van der Waals surface area contributed by atoms with E-state index in [4.69, 9.17) is 4.74 Å². The van der Waals surface area contributed by atoms with E-state index in [0.29, 0.717) is 22.8 Å². The van der Waals surface area contributed by atoms with Crippen LogP contribution in [0.5, 0.6) is 5.75 Å². The molecule has 0 spiro atoms. The lowest BCUT2D eigenvalue weighted by molar-refractivity contribution is -0.128. The van der Waals surface area contributed by atoms with Crippen molar-refractivity contribution in [2.45, 2.75) is 0 Å². The molecule has 0 aliphatic carbocycles. The minimum Gasteiger partial charge on any atom is -0.423 e. The van der Waals surface area contributed by atoms with Crippen molar-refractivity contribution in [1.29, 1.82) is 0 Å². The van der Waals surface area contributed by atoms with E-state index in [-0.39, 0.29) is 11.7 Å². The van der Waals surface area contributed by atoms with Gasteiger partial charge in [0.15, 0.2) is 0 Å². The number of esters is 1. The van der Waals surface area contributed by atoms with Crippen molar-refractivity contribution in [1.82, 2.24) is 0 Å². The summed E-state index contributed by atoms with van der Waals surface area (Å²) in [6.45, 7) is 0. The SMILES string of the molecule is CSCC(=O)Nc1ccc(OC(=O)/C=C/c2cccc(F)c2)cc1. The third-order valence-corrected chi connectivity index (χ3v) is 3.44. The van der Waals surface area contributed by atoms with Crippen molar-refractivity contribution in [2.75, 3.05) is 17.3 Å². The highest BCUT2D eigenvalue weighted by Crippen LogP contribution is 2.16. The first-order valence-electron chi connectivity index (χ1n) is 7.11. The summed E-state index contributed by atoms with van der Waals surface area (Å²) in [4.78, 5) is 23.2. The van der Waals surface area contributed by atoms with Gasteiger partial charge in [-0.05, 0) is 54.3 Å². The summed E-state index contributed by atoms with van der Waals surface area (Å²) >= 11 is 1.43. The Morgan fingerprint density at radius 1 is 1.21 bits per heavy atom. The molecule has 0 heterocycles. The molecular formula is C18H16FNO3S. The van der Waals surface area contributed by atoms with Crippen LogP contribution in [0.25, 0.3) is 6.08 Å². The molecule has 0 unspecified atom stereocenters. The number of halogens is 1. The summed E-state index contributed by atoms with van der Waals surface area (Å²) in [6, 6.07) is 12.4. The summed E-state index contributed by atoms with van der Waals surface area (Å²) in [5.74, 6) is -0.304. The molecule has 124 valence electrons. The molecule has 0 fully saturated rings. The molecule has 0 aliphatic heterocycles. The van der Waals surface area contributed by atoms with Crippen molar-refractivity contribution in [3.63, 3.8) is 0 Å². The lowest BCUT2D eigenvalue weighted by Gasteiger charge is -2.05. The van der Waals surface area contributed by atoms with Gasteiger partial charge >= 0.3 is 5.97 Å². The fourth-order valence-corrected chi connectivity index (χ4v) is 2.19. The van der Waals surface area contributed by atoms with Gasteiger partial charge in [0.1, 0.15) is 11.6 Å². The molecule has 2 rings (SSSR count). The van der Waals surface area contributed by atoms with Crippen molar-refractivity contribution in [3.05, 3.63) is 66.0 Å². The maximum Gasteiger partial charge on any atom is 0.336 e. The molecule has 0 atom stereocenters. The first kappa shape index (κ1) is 17.7. The normalized spacial score (nSPS) is 10.6. The summed E-state index contributed by atoms with van der Waals surface area (Å²) in [7, 11) is 0. The molecule has 2 aromatic carbocycles. The van der Waals surface area contributed by atoms with Crippen LogP contribution in [0.2, 0.25) is 0 Å². The first-order chi connectivity index (χ1) is 11.6. The molecule has 2 aromatic rings. The first-order valence-corrected chi connectivity index (χ1v) is 8.50. The highest BCUT2D eigenvalue weighted by atomic mass is 32.2. The van der Waals surface area contributed by atoms with Crippen molar-refractivity contribution < 1.29 is 18.7 Å². The molecule has 4 nitrogen and oxygen atoms in total. The van der Waals surface area contributed by atoms with Gasteiger partial charge in [0.05, 0.1) is 5.75 Å². The fourth-order valence-electron chi connectivity index (χ4n) is 1.86. The van der Waals surface area contributed by atoms with Gasteiger partial charge in [-0.3, -0.25) is 4.79 Å². The van der Waals surface area contributed by atoms with Crippen LogP contribution in [0.3, 0.4) is 0 Å². The number of nitrogens with one attached hydrogen (secondary N) is 1. The summed E-state index contributed by atoms with van der Waals surface area (Å²) in [6.07, 6.45) is 4.55. The smallest absolute Gasteiger partial charge is 0.336 e. The Bertz CT molecular complexity index is 744. The van der Waals surface area contributed by atoms with Gasteiger partial charge < -0.3 is 10.1 Å². The topological polar surface area (TPSA) is 55.4 Å². The fraction of sp³-hybridized carbons (Fsp3) is 0.111. The predicted molar refractivity (Wildman–Crippen MR) is 94.5 cm³/mol. The van der Waals surface area contributed by atoms with Crippen LogP contribution < -0.4 is 10.1 Å². The highest BCUT2D eigenvalue weighted by molar-refractivity contribution is 7.99. The minimum absolute atomic E-state index is 0.0923. The zero-order valence-electron chi connectivity index (χ0n) is 13.0. The molecule has 0 aromatic heterocycles. The van der Waals surface area contributed by atoms with Gasteiger partial charge in [0.2, 0.25) is 5.91 Å². The van der Waals surface area contributed by atoms with E-state index < -0.39 is 5.97 Å². The number of carbonyl (C=O) groups excluding carboxylic acids is 2. The molecule has 0 aliphatic rings. The molecule has 6 heteroatoms.